The number of likely N-dealkylation sites (tertiary alicyclic amines) is 1. The van der Waals surface area contributed by atoms with E-state index < -0.39 is 0 Å². The fourth-order valence-electron chi connectivity index (χ4n) is 1.99. The third kappa shape index (κ3) is 2.01. The van der Waals surface area contributed by atoms with Crippen LogP contribution in [0.4, 0.5) is 0 Å². The molecule has 1 atom stereocenters. The molecule has 1 unspecified atom stereocenters. The number of rotatable bonds is 2. The van der Waals surface area contributed by atoms with Gasteiger partial charge in [0.2, 0.25) is 0 Å². The molecular formula is C10H14ClN3O. The van der Waals surface area contributed by atoms with Crippen molar-refractivity contribution < 1.29 is 4.79 Å². The number of H-pyrrole nitrogens is 1. The lowest BCUT2D eigenvalue weighted by Gasteiger charge is -2.22. The van der Waals surface area contributed by atoms with E-state index in [0.717, 1.165) is 19.4 Å². The highest BCUT2D eigenvalue weighted by molar-refractivity contribution is 6.30. The lowest BCUT2D eigenvalue weighted by atomic mass is 10.2. The molecule has 1 amide bonds. The number of nitrogens with zero attached hydrogens (tertiary/aromatic N) is 1. The van der Waals surface area contributed by atoms with Crippen LogP contribution < -0.4 is 5.73 Å². The molecule has 1 fully saturated rings. The molecule has 2 rings (SSSR count). The molecule has 15 heavy (non-hydrogen) atoms. The summed E-state index contributed by atoms with van der Waals surface area (Å²) >= 11 is 5.75. The van der Waals surface area contributed by atoms with E-state index in [1.54, 1.807) is 12.3 Å². The summed E-state index contributed by atoms with van der Waals surface area (Å²) < 4.78 is 0. The Morgan fingerprint density at radius 3 is 3.13 bits per heavy atom. The lowest BCUT2D eigenvalue weighted by Crippen LogP contribution is -2.40. The second-order valence-electron chi connectivity index (χ2n) is 3.76. The van der Waals surface area contributed by atoms with Gasteiger partial charge in [-0.25, -0.2) is 0 Å². The van der Waals surface area contributed by atoms with E-state index in [-0.39, 0.29) is 11.9 Å². The topological polar surface area (TPSA) is 62.1 Å². The summed E-state index contributed by atoms with van der Waals surface area (Å²) in [5, 5.41) is 0.557. The number of hydrogen-bond acceptors (Lipinski definition) is 2. The van der Waals surface area contributed by atoms with Crippen LogP contribution >= 0.6 is 11.6 Å². The van der Waals surface area contributed by atoms with Crippen LogP contribution in [0.15, 0.2) is 12.3 Å². The summed E-state index contributed by atoms with van der Waals surface area (Å²) in [4.78, 5) is 16.7. The van der Waals surface area contributed by atoms with Crippen molar-refractivity contribution in [3.05, 3.63) is 23.0 Å². The van der Waals surface area contributed by atoms with Crippen molar-refractivity contribution in [2.45, 2.75) is 18.9 Å². The number of hydrogen-bond donors (Lipinski definition) is 2. The van der Waals surface area contributed by atoms with Crippen molar-refractivity contribution in [3.63, 3.8) is 0 Å². The Kier molecular flexibility index (Phi) is 2.98. The molecule has 0 aromatic carbocycles. The maximum absolute atomic E-state index is 12.0. The minimum Gasteiger partial charge on any atom is -0.356 e. The van der Waals surface area contributed by atoms with E-state index in [4.69, 9.17) is 17.3 Å². The molecule has 82 valence electrons. The van der Waals surface area contributed by atoms with Crippen molar-refractivity contribution in [2.24, 2.45) is 5.73 Å². The Morgan fingerprint density at radius 2 is 2.53 bits per heavy atom. The molecule has 0 aliphatic carbocycles. The first-order valence-corrected chi connectivity index (χ1v) is 5.45. The molecule has 1 aromatic rings. The van der Waals surface area contributed by atoms with Crippen molar-refractivity contribution in [1.29, 1.82) is 0 Å². The van der Waals surface area contributed by atoms with Crippen LogP contribution in [0, 0.1) is 0 Å². The maximum atomic E-state index is 12.0. The van der Waals surface area contributed by atoms with Crippen molar-refractivity contribution in [3.8, 4) is 0 Å². The molecule has 3 N–H and O–H groups in total. The molecule has 4 nitrogen and oxygen atoms in total. The number of carbonyl (C=O) groups excluding carboxylic acids is 1. The number of nitrogens with one attached hydrogen (secondary N) is 1. The molecule has 1 aliphatic heterocycles. The summed E-state index contributed by atoms with van der Waals surface area (Å²) in [7, 11) is 0. The Morgan fingerprint density at radius 1 is 1.73 bits per heavy atom. The van der Waals surface area contributed by atoms with Gasteiger partial charge in [0.1, 0.15) is 5.69 Å². The molecule has 0 bridgehead atoms. The van der Waals surface area contributed by atoms with E-state index in [1.165, 1.54) is 0 Å². The SMILES string of the molecule is NCC1CCCN1C(=O)c1cc(Cl)c[nH]1. The quantitative estimate of drug-likeness (QED) is 0.799. The number of aromatic amines is 1. The standard InChI is InChI=1S/C10H14ClN3O/c11-7-4-9(13-6-7)10(15)14-3-1-2-8(14)5-12/h4,6,8,13H,1-3,5,12H2. The molecule has 0 spiro atoms. The van der Waals surface area contributed by atoms with Gasteiger partial charge in [-0.2, -0.15) is 0 Å². The molecular weight excluding hydrogens is 214 g/mol. The van der Waals surface area contributed by atoms with Gasteiger partial charge in [0.15, 0.2) is 0 Å². The molecule has 0 saturated carbocycles. The zero-order chi connectivity index (χ0) is 10.8. The fourth-order valence-corrected chi connectivity index (χ4v) is 2.16. The number of amides is 1. The maximum Gasteiger partial charge on any atom is 0.270 e. The summed E-state index contributed by atoms with van der Waals surface area (Å²) in [6, 6.07) is 1.83. The molecule has 1 aliphatic rings. The Balaban J connectivity index is 2.13. The minimum absolute atomic E-state index is 0.00477. The lowest BCUT2D eigenvalue weighted by molar-refractivity contribution is 0.0736. The smallest absolute Gasteiger partial charge is 0.270 e. The second kappa shape index (κ2) is 4.24. The first kappa shape index (κ1) is 10.5. The zero-order valence-corrected chi connectivity index (χ0v) is 9.13. The van der Waals surface area contributed by atoms with Crippen molar-refractivity contribution >= 4 is 17.5 Å². The van der Waals surface area contributed by atoms with Crippen LogP contribution in [0.5, 0.6) is 0 Å². The highest BCUT2D eigenvalue weighted by atomic mass is 35.5. The molecule has 5 heteroatoms. The van der Waals surface area contributed by atoms with E-state index in [2.05, 4.69) is 4.98 Å². The van der Waals surface area contributed by atoms with E-state index in [1.807, 2.05) is 4.90 Å². The van der Waals surface area contributed by atoms with Gasteiger partial charge >= 0.3 is 0 Å². The summed E-state index contributed by atoms with van der Waals surface area (Å²) in [5.74, 6) is -0.00477. The van der Waals surface area contributed by atoms with Gasteiger partial charge in [-0.3, -0.25) is 4.79 Å². The van der Waals surface area contributed by atoms with Gasteiger partial charge in [-0.15, -0.1) is 0 Å². The number of nitrogens with two attached hydrogens (primary N) is 1. The van der Waals surface area contributed by atoms with Gasteiger partial charge in [-0.1, -0.05) is 11.6 Å². The number of halogens is 1. The second-order valence-corrected chi connectivity index (χ2v) is 4.20. The monoisotopic (exact) mass is 227 g/mol. The molecule has 1 saturated heterocycles. The van der Waals surface area contributed by atoms with Gasteiger partial charge < -0.3 is 15.6 Å². The van der Waals surface area contributed by atoms with Gasteiger partial charge in [0.05, 0.1) is 5.02 Å². The average molecular weight is 228 g/mol. The van der Waals surface area contributed by atoms with E-state index in [9.17, 15) is 4.79 Å². The number of aromatic nitrogens is 1. The molecule has 0 radical (unpaired) electrons. The van der Waals surface area contributed by atoms with E-state index in [0.29, 0.717) is 17.3 Å². The third-order valence-corrected chi connectivity index (χ3v) is 3.01. The third-order valence-electron chi connectivity index (χ3n) is 2.79. The summed E-state index contributed by atoms with van der Waals surface area (Å²) in [6.45, 7) is 1.32. The van der Waals surface area contributed by atoms with E-state index >= 15 is 0 Å². The zero-order valence-electron chi connectivity index (χ0n) is 8.37. The highest BCUT2D eigenvalue weighted by Gasteiger charge is 2.28. The van der Waals surface area contributed by atoms with Crippen LogP contribution in [0.25, 0.3) is 0 Å². The fraction of sp³-hybridized carbons (Fsp3) is 0.500. The van der Waals surface area contributed by atoms with Gasteiger partial charge in [0, 0.05) is 25.3 Å². The summed E-state index contributed by atoms with van der Waals surface area (Å²) in [6.07, 6.45) is 3.64. The molecule has 2 heterocycles. The van der Waals surface area contributed by atoms with Crippen LogP contribution in [0.3, 0.4) is 0 Å². The Hall–Kier alpha value is -1.00. The molecule has 1 aromatic heterocycles. The average Bonchev–Trinajstić information content (AvgIpc) is 2.84. The van der Waals surface area contributed by atoms with Gasteiger partial charge in [-0.05, 0) is 18.9 Å². The largest absolute Gasteiger partial charge is 0.356 e. The number of carbonyl (C=O) groups is 1. The predicted octanol–water partition coefficient (Wildman–Crippen LogP) is 1.23. The van der Waals surface area contributed by atoms with Gasteiger partial charge in [0.25, 0.3) is 5.91 Å². The first-order valence-electron chi connectivity index (χ1n) is 5.07. The van der Waals surface area contributed by atoms with Crippen LogP contribution in [-0.4, -0.2) is 34.9 Å². The first-order chi connectivity index (χ1) is 7.22. The highest BCUT2D eigenvalue weighted by Crippen LogP contribution is 2.20. The van der Waals surface area contributed by atoms with Crippen LogP contribution in [0.1, 0.15) is 23.3 Å². The predicted molar refractivity (Wildman–Crippen MR) is 58.9 cm³/mol. The summed E-state index contributed by atoms with van der Waals surface area (Å²) in [5.41, 5.74) is 6.16. The van der Waals surface area contributed by atoms with Crippen molar-refractivity contribution in [2.75, 3.05) is 13.1 Å². The van der Waals surface area contributed by atoms with Crippen LogP contribution in [0.2, 0.25) is 5.02 Å². The minimum atomic E-state index is -0.00477. The Bertz CT molecular complexity index is 363. The Labute approximate surface area is 93.4 Å². The van der Waals surface area contributed by atoms with Crippen molar-refractivity contribution in [1.82, 2.24) is 9.88 Å². The normalized spacial score (nSPS) is 20.9. The van der Waals surface area contributed by atoms with Crippen LogP contribution in [-0.2, 0) is 0 Å².